The minimum absolute atomic E-state index is 0.0290. The molecule has 0 radical (unpaired) electrons. The molecule has 0 unspecified atom stereocenters. The van der Waals surface area contributed by atoms with Crippen LogP contribution in [-0.2, 0) is 16.0 Å². The van der Waals surface area contributed by atoms with Gasteiger partial charge in [-0.05, 0) is 32.4 Å². The van der Waals surface area contributed by atoms with E-state index in [0.717, 1.165) is 0 Å². The van der Waals surface area contributed by atoms with Crippen molar-refractivity contribution in [3.8, 4) is 0 Å². The number of aromatic nitrogens is 1. The van der Waals surface area contributed by atoms with Crippen LogP contribution >= 0.6 is 11.6 Å². The highest BCUT2D eigenvalue weighted by Gasteiger charge is 2.24. The average Bonchev–Trinajstić information content (AvgIpc) is 2.28. The number of nitrogens with one attached hydrogen (secondary N) is 1. The Balaban J connectivity index is 2.74. The van der Waals surface area contributed by atoms with E-state index in [1.54, 1.807) is 32.9 Å². The van der Waals surface area contributed by atoms with Crippen LogP contribution in [0.5, 0.6) is 0 Å². The molecule has 7 heteroatoms. The molecular formula is C13H17ClN2O4. The van der Waals surface area contributed by atoms with E-state index in [1.807, 2.05) is 0 Å². The smallest absolute Gasteiger partial charge is 0.408 e. The minimum atomic E-state index is -1.17. The van der Waals surface area contributed by atoms with Crippen LogP contribution in [-0.4, -0.2) is 33.8 Å². The van der Waals surface area contributed by atoms with Crippen molar-refractivity contribution in [2.45, 2.75) is 38.8 Å². The Morgan fingerprint density at radius 2 is 2.15 bits per heavy atom. The van der Waals surface area contributed by atoms with Crippen molar-refractivity contribution in [1.82, 2.24) is 10.3 Å². The number of nitrogens with zero attached hydrogens (tertiary/aromatic N) is 1. The summed E-state index contributed by atoms with van der Waals surface area (Å²) in [4.78, 5) is 26.6. The van der Waals surface area contributed by atoms with Crippen molar-refractivity contribution in [3.63, 3.8) is 0 Å². The first-order valence-electron chi connectivity index (χ1n) is 6.01. The Bertz CT molecular complexity index is 499. The number of aliphatic carboxylic acids is 1. The Hall–Kier alpha value is -1.82. The maximum atomic E-state index is 11.6. The van der Waals surface area contributed by atoms with Crippen LogP contribution in [0.15, 0.2) is 18.3 Å². The third kappa shape index (κ3) is 5.44. The molecule has 1 amide bonds. The number of carboxylic acid groups (broad SMARTS) is 1. The summed E-state index contributed by atoms with van der Waals surface area (Å²) < 4.78 is 5.02. The standard InChI is InChI=1S/C13H17ClN2O4/c1-13(2,3)20-12(19)16-9(11(17)18)7-8-5-4-6-15-10(8)14/h4-6,9H,7H2,1-3H3,(H,16,19)(H,17,18)/t9-/m0/s1. The summed E-state index contributed by atoms with van der Waals surface area (Å²) in [6.45, 7) is 5.08. The molecule has 0 aliphatic carbocycles. The summed E-state index contributed by atoms with van der Waals surface area (Å²) in [6.07, 6.45) is 0.745. The molecule has 0 aromatic carbocycles. The van der Waals surface area contributed by atoms with E-state index < -0.39 is 23.7 Å². The molecule has 0 aliphatic rings. The van der Waals surface area contributed by atoms with E-state index in [4.69, 9.17) is 21.4 Å². The molecule has 0 bridgehead atoms. The van der Waals surface area contributed by atoms with Crippen LogP contribution in [0.4, 0.5) is 4.79 Å². The summed E-state index contributed by atoms with van der Waals surface area (Å²) in [5.41, 5.74) is -0.156. The van der Waals surface area contributed by atoms with Crippen molar-refractivity contribution in [1.29, 1.82) is 0 Å². The number of carbonyl (C=O) groups is 2. The normalized spacial score (nSPS) is 12.6. The van der Waals surface area contributed by atoms with Crippen LogP contribution in [0.2, 0.25) is 5.15 Å². The lowest BCUT2D eigenvalue weighted by atomic mass is 10.1. The third-order valence-corrected chi connectivity index (χ3v) is 2.59. The predicted octanol–water partition coefficient (Wildman–Crippen LogP) is 2.26. The van der Waals surface area contributed by atoms with Crippen molar-refractivity contribution in [3.05, 3.63) is 29.0 Å². The van der Waals surface area contributed by atoms with Crippen LogP contribution in [0.25, 0.3) is 0 Å². The molecule has 0 aliphatic heterocycles. The highest BCUT2D eigenvalue weighted by Crippen LogP contribution is 2.14. The van der Waals surface area contributed by atoms with Gasteiger partial charge in [-0.3, -0.25) is 0 Å². The molecule has 1 aromatic heterocycles. The molecule has 0 saturated heterocycles. The number of rotatable bonds is 4. The van der Waals surface area contributed by atoms with Gasteiger partial charge in [0.2, 0.25) is 0 Å². The Kier molecular flexibility index (Phi) is 5.33. The lowest BCUT2D eigenvalue weighted by Crippen LogP contribution is -2.44. The van der Waals surface area contributed by atoms with Gasteiger partial charge < -0.3 is 15.2 Å². The number of hydrogen-bond donors (Lipinski definition) is 2. The first-order chi connectivity index (χ1) is 9.19. The van der Waals surface area contributed by atoms with Crippen molar-refractivity contribution < 1.29 is 19.4 Å². The first kappa shape index (κ1) is 16.2. The van der Waals surface area contributed by atoms with E-state index in [1.165, 1.54) is 6.20 Å². The van der Waals surface area contributed by atoms with E-state index in [-0.39, 0.29) is 11.6 Å². The number of carboxylic acids is 1. The highest BCUT2D eigenvalue weighted by molar-refractivity contribution is 6.30. The second-order valence-electron chi connectivity index (χ2n) is 5.19. The third-order valence-electron chi connectivity index (χ3n) is 2.25. The number of carbonyl (C=O) groups excluding carboxylic acids is 1. The number of halogens is 1. The fourth-order valence-electron chi connectivity index (χ4n) is 1.44. The number of pyridine rings is 1. The summed E-state index contributed by atoms with van der Waals surface area (Å²) in [7, 11) is 0. The average molecular weight is 301 g/mol. The first-order valence-corrected chi connectivity index (χ1v) is 6.38. The van der Waals surface area contributed by atoms with Gasteiger partial charge in [-0.1, -0.05) is 17.7 Å². The molecule has 20 heavy (non-hydrogen) atoms. The van der Waals surface area contributed by atoms with Gasteiger partial charge in [-0.15, -0.1) is 0 Å². The van der Waals surface area contributed by atoms with Crippen molar-refractivity contribution in [2.75, 3.05) is 0 Å². The zero-order valence-corrected chi connectivity index (χ0v) is 12.3. The number of hydrogen-bond acceptors (Lipinski definition) is 4. The zero-order chi connectivity index (χ0) is 15.3. The molecule has 0 saturated carbocycles. The van der Waals surface area contributed by atoms with Gasteiger partial charge in [-0.2, -0.15) is 0 Å². The van der Waals surface area contributed by atoms with Gasteiger partial charge in [0.15, 0.2) is 0 Å². The summed E-state index contributed by atoms with van der Waals surface area (Å²) >= 11 is 5.87. The molecule has 1 aromatic rings. The van der Waals surface area contributed by atoms with Gasteiger partial charge in [0.1, 0.15) is 16.8 Å². The Morgan fingerprint density at radius 1 is 1.50 bits per heavy atom. The highest BCUT2D eigenvalue weighted by atomic mass is 35.5. The fraction of sp³-hybridized carbons (Fsp3) is 0.462. The van der Waals surface area contributed by atoms with Crippen LogP contribution < -0.4 is 5.32 Å². The maximum absolute atomic E-state index is 11.6. The number of amides is 1. The molecule has 110 valence electrons. The molecule has 1 heterocycles. The largest absolute Gasteiger partial charge is 0.480 e. The molecule has 1 rings (SSSR count). The molecule has 0 spiro atoms. The molecule has 2 N–H and O–H groups in total. The van der Waals surface area contributed by atoms with Crippen LogP contribution in [0, 0.1) is 0 Å². The molecule has 6 nitrogen and oxygen atoms in total. The number of ether oxygens (including phenoxy) is 1. The van der Waals surface area contributed by atoms with Crippen LogP contribution in [0.1, 0.15) is 26.3 Å². The van der Waals surface area contributed by atoms with Gasteiger partial charge in [0.05, 0.1) is 0 Å². The summed E-state index contributed by atoms with van der Waals surface area (Å²) in [5, 5.41) is 11.7. The van der Waals surface area contributed by atoms with Gasteiger partial charge in [0, 0.05) is 12.6 Å². The van der Waals surface area contributed by atoms with Gasteiger partial charge in [0.25, 0.3) is 0 Å². The predicted molar refractivity (Wildman–Crippen MR) is 73.7 cm³/mol. The minimum Gasteiger partial charge on any atom is -0.480 e. The molecular weight excluding hydrogens is 284 g/mol. The van der Waals surface area contributed by atoms with Crippen molar-refractivity contribution in [2.24, 2.45) is 0 Å². The van der Waals surface area contributed by atoms with E-state index in [2.05, 4.69) is 10.3 Å². The SMILES string of the molecule is CC(C)(C)OC(=O)N[C@@H](Cc1cccnc1Cl)C(=O)O. The van der Waals surface area contributed by atoms with Gasteiger partial charge in [-0.25, -0.2) is 14.6 Å². The fourth-order valence-corrected chi connectivity index (χ4v) is 1.64. The van der Waals surface area contributed by atoms with Gasteiger partial charge >= 0.3 is 12.1 Å². The van der Waals surface area contributed by atoms with E-state index >= 15 is 0 Å². The quantitative estimate of drug-likeness (QED) is 0.833. The molecule has 1 atom stereocenters. The maximum Gasteiger partial charge on any atom is 0.408 e. The summed E-state index contributed by atoms with van der Waals surface area (Å²) in [6, 6.07) is 2.17. The lowest BCUT2D eigenvalue weighted by molar-refractivity contribution is -0.139. The monoisotopic (exact) mass is 300 g/mol. The topological polar surface area (TPSA) is 88.5 Å². The number of alkyl carbamates (subject to hydrolysis) is 1. The van der Waals surface area contributed by atoms with Crippen LogP contribution in [0.3, 0.4) is 0 Å². The summed E-state index contributed by atoms with van der Waals surface area (Å²) in [5.74, 6) is -1.17. The second-order valence-corrected chi connectivity index (χ2v) is 5.55. The Labute approximate surface area is 122 Å². The van der Waals surface area contributed by atoms with Crippen molar-refractivity contribution >= 4 is 23.7 Å². The Morgan fingerprint density at radius 3 is 2.65 bits per heavy atom. The van der Waals surface area contributed by atoms with E-state index in [0.29, 0.717) is 5.56 Å². The van der Waals surface area contributed by atoms with E-state index in [9.17, 15) is 9.59 Å². The zero-order valence-electron chi connectivity index (χ0n) is 11.5. The molecule has 0 fully saturated rings. The second kappa shape index (κ2) is 6.56. The lowest BCUT2D eigenvalue weighted by Gasteiger charge is -2.22.